The Morgan fingerprint density at radius 2 is 1.46 bits per heavy atom. The van der Waals surface area contributed by atoms with Crippen LogP contribution in [0.25, 0.3) is 0 Å². The lowest BCUT2D eigenvalue weighted by Gasteiger charge is -2.36. The monoisotopic (exact) mass is 192 g/mol. The Kier molecular flexibility index (Phi) is 2.99. The van der Waals surface area contributed by atoms with Crippen LogP contribution in [0.5, 0.6) is 0 Å². The van der Waals surface area contributed by atoms with E-state index >= 15 is 0 Å². The predicted octanol–water partition coefficient (Wildman–Crippen LogP) is -2.97. The maximum Gasteiger partial charge on any atom is 0.195 e. The summed E-state index contributed by atoms with van der Waals surface area (Å²) < 4.78 is 4.63. The molecular formula is C7H12O6. The van der Waals surface area contributed by atoms with E-state index in [-0.39, 0.29) is 0 Å². The summed E-state index contributed by atoms with van der Waals surface area (Å²) in [5, 5.41) is 36.6. The van der Waals surface area contributed by atoms with Crippen LogP contribution in [0.1, 0.15) is 0 Å². The van der Waals surface area contributed by atoms with Gasteiger partial charge >= 0.3 is 0 Å². The molecule has 0 amide bonds. The smallest absolute Gasteiger partial charge is 0.195 e. The van der Waals surface area contributed by atoms with E-state index in [0.29, 0.717) is 0 Å². The third kappa shape index (κ3) is 1.59. The van der Waals surface area contributed by atoms with Gasteiger partial charge < -0.3 is 25.2 Å². The van der Waals surface area contributed by atoms with Gasteiger partial charge in [-0.3, -0.25) is 4.79 Å². The molecule has 1 aliphatic carbocycles. The zero-order valence-corrected chi connectivity index (χ0v) is 6.99. The minimum atomic E-state index is -1.71. The highest BCUT2D eigenvalue weighted by Crippen LogP contribution is 2.20. The fourth-order valence-electron chi connectivity index (χ4n) is 1.35. The van der Waals surface area contributed by atoms with E-state index in [0.717, 1.165) is 0 Å². The van der Waals surface area contributed by atoms with Gasteiger partial charge in [-0.25, -0.2) is 0 Å². The summed E-state index contributed by atoms with van der Waals surface area (Å²) >= 11 is 0. The maximum atomic E-state index is 10.9. The van der Waals surface area contributed by atoms with Crippen LogP contribution < -0.4 is 0 Å². The Labute approximate surface area is 74.4 Å². The molecule has 1 saturated carbocycles. The van der Waals surface area contributed by atoms with Crippen LogP contribution in [0.3, 0.4) is 0 Å². The molecule has 0 aromatic heterocycles. The van der Waals surface area contributed by atoms with Crippen molar-refractivity contribution in [2.24, 2.45) is 0 Å². The number of methoxy groups -OCH3 is 1. The first-order valence-corrected chi connectivity index (χ1v) is 3.79. The molecular weight excluding hydrogens is 180 g/mol. The normalized spacial score (nSPS) is 46.5. The molecule has 1 unspecified atom stereocenters. The number of aliphatic hydroxyl groups is 4. The number of rotatable bonds is 1. The van der Waals surface area contributed by atoms with E-state index in [1.54, 1.807) is 0 Å². The van der Waals surface area contributed by atoms with Gasteiger partial charge in [0.05, 0.1) is 0 Å². The van der Waals surface area contributed by atoms with Crippen molar-refractivity contribution in [1.29, 1.82) is 0 Å². The molecule has 6 nitrogen and oxygen atoms in total. The van der Waals surface area contributed by atoms with E-state index in [9.17, 15) is 15.0 Å². The van der Waals surface area contributed by atoms with Crippen LogP contribution in [0.2, 0.25) is 0 Å². The Morgan fingerprint density at radius 1 is 1.08 bits per heavy atom. The maximum absolute atomic E-state index is 10.9. The molecule has 0 aliphatic heterocycles. The fraction of sp³-hybridized carbons (Fsp3) is 0.857. The molecule has 0 heterocycles. The second-order valence-corrected chi connectivity index (χ2v) is 2.97. The number of Topliss-reactive ketones (excluding diaryl/α,β-unsaturated/α-hetero) is 1. The number of carbonyl (C=O) groups excluding carboxylic acids is 1. The van der Waals surface area contributed by atoms with Gasteiger partial charge in [0.25, 0.3) is 0 Å². The summed E-state index contributed by atoms with van der Waals surface area (Å²) in [6.07, 6.45) is -7.57. The van der Waals surface area contributed by atoms with Gasteiger partial charge in [0.1, 0.15) is 30.5 Å². The SMILES string of the molecule is COC1[C@@H](O)[C@@H](O)C(=O)[C@H](O)[C@H]1O. The van der Waals surface area contributed by atoms with E-state index in [1.165, 1.54) is 7.11 Å². The summed E-state index contributed by atoms with van der Waals surface area (Å²) in [5.41, 5.74) is 0. The average Bonchev–Trinajstić information content (AvgIpc) is 2.13. The Bertz CT molecular complexity index is 187. The predicted molar refractivity (Wildman–Crippen MR) is 39.8 cm³/mol. The molecule has 6 heteroatoms. The molecule has 76 valence electrons. The van der Waals surface area contributed by atoms with Crippen molar-refractivity contribution >= 4 is 5.78 Å². The van der Waals surface area contributed by atoms with Crippen LogP contribution in [0.4, 0.5) is 0 Å². The summed E-state index contributed by atoms with van der Waals surface area (Å²) in [6.45, 7) is 0. The molecule has 0 bridgehead atoms. The highest BCUT2D eigenvalue weighted by molar-refractivity contribution is 5.89. The first-order chi connectivity index (χ1) is 6.00. The largest absolute Gasteiger partial charge is 0.387 e. The van der Waals surface area contributed by atoms with Crippen LogP contribution in [-0.2, 0) is 9.53 Å². The van der Waals surface area contributed by atoms with Gasteiger partial charge in [-0.1, -0.05) is 0 Å². The second kappa shape index (κ2) is 3.69. The van der Waals surface area contributed by atoms with Gasteiger partial charge in [-0.2, -0.15) is 0 Å². The molecule has 1 aliphatic rings. The molecule has 0 spiro atoms. The van der Waals surface area contributed by atoms with Crippen molar-refractivity contribution in [2.75, 3.05) is 7.11 Å². The lowest BCUT2D eigenvalue weighted by molar-refractivity contribution is -0.191. The zero-order chi connectivity index (χ0) is 10.2. The van der Waals surface area contributed by atoms with Crippen LogP contribution in [0, 0.1) is 0 Å². The minimum absolute atomic E-state index is 0.992. The van der Waals surface area contributed by atoms with Crippen molar-refractivity contribution in [1.82, 2.24) is 0 Å². The number of aliphatic hydroxyl groups excluding tert-OH is 4. The lowest BCUT2D eigenvalue weighted by atomic mass is 9.86. The van der Waals surface area contributed by atoms with Crippen LogP contribution in [-0.4, -0.2) is 63.8 Å². The van der Waals surface area contributed by atoms with E-state index in [2.05, 4.69) is 4.74 Å². The zero-order valence-electron chi connectivity index (χ0n) is 6.99. The number of hydrogen-bond donors (Lipinski definition) is 4. The number of hydrogen-bond acceptors (Lipinski definition) is 6. The number of ketones is 1. The third-order valence-electron chi connectivity index (χ3n) is 2.18. The van der Waals surface area contributed by atoms with Crippen molar-refractivity contribution in [3.63, 3.8) is 0 Å². The molecule has 5 atom stereocenters. The standard InChI is InChI=1S/C7H12O6/c1-13-7-5(11)3(9)2(8)4(10)6(7)12/h3-7,9-12H,1H3/t3-,4-,5-,6+,7?/m0/s1. The summed E-state index contributed by atoms with van der Waals surface area (Å²) in [6, 6.07) is 0. The van der Waals surface area contributed by atoms with E-state index < -0.39 is 36.3 Å². The van der Waals surface area contributed by atoms with Crippen molar-refractivity contribution in [2.45, 2.75) is 30.5 Å². The molecule has 0 radical (unpaired) electrons. The molecule has 1 rings (SSSR count). The first kappa shape index (κ1) is 10.6. The van der Waals surface area contributed by atoms with Gasteiger partial charge in [-0.05, 0) is 0 Å². The van der Waals surface area contributed by atoms with Gasteiger partial charge in [0.15, 0.2) is 5.78 Å². The molecule has 0 aromatic carbocycles. The molecule has 13 heavy (non-hydrogen) atoms. The van der Waals surface area contributed by atoms with E-state index in [1.807, 2.05) is 0 Å². The molecule has 1 fully saturated rings. The third-order valence-corrected chi connectivity index (χ3v) is 2.18. The van der Waals surface area contributed by atoms with Crippen LogP contribution in [0.15, 0.2) is 0 Å². The molecule has 0 aromatic rings. The summed E-state index contributed by atoms with van der Waals surface area (Å²) in [7, 11) is 1.20. The highest BCUT2D eigenvalue weighted by atomic mass is 16.5. The van der Waals surface area contributed by atoms with Crippen molar-refractivity contribution in [3.8, 4) is 0 Å². The molecule has 0 saturated heterocycles. The lowest BCUT2D eigenvalue weighted by Crippen LogP contribution is -2.62. The van der Waals surface area contributed by atoms with Crippen molar-refractivity contribution in [3.05, 3.63) is 0 Å². The van der Waals surface area contributed by atoms with Gasteiger partial charge in [0, 0.05) is 7.11 Å². The van der Waals surface area contributed by atoms with Gasteiger partial charge in [0.2, 0.25) is 0 Å². The topological polar surface area (TPSA) is 107 Å². The highest BCUT2D eigenvalue weighted by Gasteiger charge is 2.48. The van der Waals surface area contributed by atoms with Gasteiger partial charge in [-0.15, -0.1) is 0 Å². The van der Waals surface area contributed by atoms with Crippen LogP contribution >= 0.6 is 0 Å². The Morgan fingerprint density at radius 3 is 1.77 bits per heavy atom. The number of ether oxygens (including phenoxy) is 1. The Balaban J connectivity index is 2.85. The second-order valence-electron chi connectivity index (χ2n) is 2.97. The average molecular weight is 192 g/mol. The quantitative estimate of drug-likeness (QED) is 0.353. The van der Waals surface area contributed by atoms with Crippen molar-refractivity contribution < 1.29 is 30.0 Å². The molecule has 4 N–H and O–H groups in total. The van der Waals surface area contributed by atoms with E-state index in [4.69, 9.17) is 10.2 Å². The number of carbonyl (C=O) groups is 1. The minimum Gasteiger partial charge on any atom is -0.387 e. The fourth-order valence-corrected chi connectivity index (χ4v) is 1.35. The Hall–Kier alpha value is -0.530. The summed E-state index contributed by atoms with van der Waals surface area (Å²) in [5.74, 6) is -0.992. The first-order valence-electron chi connectivity index (χ1n) is 3.79. The summed E-state index contributed by atoms with van der Waals surface area (Å²) in [4.78, 5) is 10.9.